The van der Waals surface area contributed by atoms with Gasteiger partial charge in [0.1, 0.15) is 0 Å². The summed E-state index contributed by atoms with van der Waals surface area (Å²) < 4.78 is 0. The molecule has 4 heteroatoms. The second kappa shape index (κ2) is 9.73. The maximum Gasteiger partial charge on any atom is 0.0706 e. The van der Waals surface area contributed by atoms with Gasteiger partial charge in [-0.3, -0.25) is 4.98 Å². The van der Waals surface area contributed by atoms with Gasteiger partial charge >= 0.3 is 0 Å². The molecule has 0 saturated heterocycles. The van der Waals surface area contributed by atoms with E-state index in [1.54, 1.807) is 6.07 Å². The van der Waals surface area contributed by atoms with Crippen molar-refractivity contribution in [3.8, 4) is 11.1 Å². The van der Waals surface area contributed by atoms with E-state index in [9.17, 15) is 5.11 Å². The van der Waals surface area contributed by atoms with Crippen LogP contribution in [0.3, 0.4) is 0 Å². The van der Waals surface area contributed by atoms with Crippen LogP contribution in [-0.4, -0.2) is 10.1 Å². The number of aromatic nitrogens is 1. The van der Waals surface area contributed by atoms with Gasteiger partial charge < -0.3 is 5.11 Å². The molecule has 0 unspecified atom stereocenters. The minimum atomic E-state index is -0.0816. The number of hydrogen-bond donors (Lipinski definition) is 1. The van der Waals surface area contributed by atoms with Crippen LogP contribution in [0.2, 0.25) is 10.0 Å². The summed E-state index contributed by atoms with van der Waals surface area (Å²) in [6, 6.07) is 5.53. The molecular weight excluding hydrogens is 377 g/mol. The standard InChI is InChI=1S/C23H29Cl2NO/c1-6-7-8-9-18-21(17-11-10-16(24)12-20(17)25)19(13-27)23(15(4)5)26-22(18)14(2)3/h8-12,14-15,27H,6-7,13H2,1-5H3/b9-8+. The molecule has 2 aromatic rings. The third kappa shape index (κ3) is 4.93. The number of aliphatic hydroxyl groups is 1. The smallest absolute Gasteiger partial charge is 0.0706 e. The first-order valence-electron chi connectivity index (χ1n) is 9.61. The minimum Gasteiger partial charge on any atom is -0.392 e. The van der Waals surface area contributed by atoms with Gasteiger partial charge in [0.25, 0.3) is 0 Å². The van der Waals surface area contributed by atoms with Crippen molar-refractivity contribution in [3.05, 3.63) is 56.8 Å². The second-order valence-electron chi connectivity index (χ2n) is 7.43. The molecule has 2 nitrogen and oxygen atoms in total. The molecule has 0 amide bonds. The first kappa shape index (κ1) is 21.9. The van der Waals surface area contributed by atoms with Crippen molar-refractivity contribution in [2.75, 3.05) is 0 Å². The first-order chi connectivity index (χ1) is 12.8. The lowest BCUT2D eigenvalue weighted by Gasteiger charge is -2.23. The minimum absolute atomic E-state index is 0.0816. The number of benzene rings is 1. The molecule has 1 N–H and O–H groups in total. The monoisotopic (exact) mass is 405 g/mol. The van der Waals surface area contributed by atoms with Crippen LogP contribution in [0.5, 0.6) is 0 Å². The molecule has 2 rings (SSSR count). The quantitative estimate of drug-likeness (QED) is 0.513. The Bertz CT molecular complexity index is 826. The van der Waals surface area contributed by atoms with E-state index in [2.05, 4.69) is 46.8 Å². The lowest BCUT2D eigenvalue weighted by atomic mass is 9.87. The number of allylic oxidation sites excluding steroid dienone is 1. The molecule has 1 heterocycles. The summed E-state index contributed by atoms with van der Waals surface area (Å²) in [4.78, 5) is 4.97. The Hall–Kier alpha value is -1.35. The number of aliphatic hydroxyl groups excluding tert-OH is 1. The van der Waals surface area contributed by atoms with Gasteiger partial charge in [-0.05, 0) is 36.0 Å². The van der Waals surface area contributed by atoms with Gasteiger partial charge in [-0.1, -0.05) is 82.5 Å². The Morgan fingerprint density at radius 1 is 1.07 bits per heavy atom. The average molecular weight is 406 g/mol. The van der Waals surface area contributed by atoms with Crippen LogP contribution in [0.1, 0.15) is 81.8 Å². The van der Waals surface area contributed by atoms with Crippen LogP contribution >= 0.6 is 23.2 Å². The molecule has 0 radical (unpaired) electrons. The van der Waals surface area contributed by atoms with Gasteiger partial charge in [-0.2, -0.15) is 0 Å². The molecule has 1 aromatic heterocycles. The van der Waals surface area contributed by atoms with E-state index in [1.807, 2.05) is 12.1 Å². The van der Waals surface area contributed by atoms with Crippen molar-refractivity contribution in [3.63, 3.8) is 0 Å². The fourth-order valence-corrected chi connectivity index (χ4v) is 3.79. The molecule has 0 bridgehead atoms. The molecule has 0 spiro atoms. The highest BCUT2D eigenvalue weighted by Crippen LogP contribution is 2.40. The zero-order chi connectivity index (χ0) is 20.1. The number of nitrogens with zero attached hydrogens (tertiary/aromatic N) is 1. The van der Waals surface area contributed by atoms with Crippen molar-refractivity contribution in [2.24, 2.45) is 0 Å². The zero-order valence-electron chi connectivity index (χ0n) is 16.8. The predicted octanol–water partition coefficient (Wildman–Crippen LogP) is 7.61. The number of pyridine rings is 1. The Labute approximate surface area is 173 Å². The molecule has 0 aliphatic heterocycles. The van der Waals surface area contributed by atoms with Crippen LogP contribution in [0.25, 0.3) is 17.2 Å². The Morgan fingerprint density at radius 3 is 2.26 bits per heavy atom. The SMILES string of the molecule is CCC/C=C/c1c(C(C)C)nc(C(C)C)c(CO)c1-c1ccc(Cl)cc1Cl. The predicted molar refractivity (Wildman–Crippen MR) is 118 cm³/mol. The van der Waals surface area contributed by atoms with E-state index >= 15 is 0 Å². The summed E-state index contributed by atoms with van der Waals surface area (Å²) in [7, 11) is 0. The highest BCUT2D eigenvalue weighted by molar-refractivity contribution is 6.36. The first-order valence-corrected chi connectivity index (χ1v) is 10.4. The number of halogens is 2. The third-order valence-electron chi connectivity index (χ3n) is 4.59. The molecule has 146 valence electrons. The highest BCUT2D eigenvalue weighted by atomic mass is 35.5. The van der Waals surface area contributed by atoms with Crippen LogP contribution in [-0.2, 0) is 6.61 Å². The van der Waals surface area contributed by atoms with E-state index < -0.39 is 0 Å². The van der Waals surface area contributed by atoms with Crippen LogP contribution in [0.15, 0.2) is 24.3 Å². The summed E-state index contributed by atoms with van der Waals surface area (Å²) >= 11 is 12.7. The van der Waals surface area contributed by atoms with Crippen LogP contribution in [0.4, 0.5) is 0 Å². The lowest BCUT2D eigenvalue weighted by molar-refractivity contribution is 0.280. The van der Waals surface area contributed by atoms with Crippen molar-refractivity contribution in [1.29, 1.82) is 0 Å². The maximum absolute atomic E-state index is 10.2. The average Bonchev–Trinajstić information content (AvgIpc) is 2.61. The molecule has 0 aliphatic rings. The normalized spacial score (nSPS) is 11.9. The summed E-state index contributed by atoms with van der Waals surface area (Å²) in [5.41, 5.74) is 5.69. The molecule has 0 saturated carbocycles. The van der Waals surface area contributed by atoms with Crippen LogP contribution < -0.4 is 0 Å². The molecule has 0 aliphatic carbocycles. The van der Waals surface area contributed by atoms with Crippen molar-refractivity contribution in [2.45, 2.75) is 65.9 Å². The molecular formula is C23H29Cl2NO. The van der Waals surface area contributed by atoms with Crippen LogP contribution in [0, 0.1) is 0 Å². The van der Waals surface area contributed by atoms with E-state index in [1.165, 1.54) is 0 Å². The Balaban J connectivity index is 2.94. The molecule has 1 aromatic carbocycles. The van der Waals surface area contributed by atoms with Crippen molar-refractivity contribution >= 4 is 29.3 Å². The summed E-state index contributed by atoms with van der Waals surface area (Å²) in [5.74, 6) is 0.449. The zero-order valence-corrected chi connectivity index (χ0v) is 18.3. The number of hydrogen-bond acceptors (Lipinski definition) is 2. The fourth-order valence-electron chi connectivity index (χ4n) is 3.29. The molecule has 0 atom stereocenters. The van der Waals surface area contributed by atoms with E-state index in [-0.39, 0.29) is 18.4 Å². The summed E-state index contributed by atoms with van der Waals surface area (Å²) in [6.45, 7) is 10.6. The highest BCUT2D eigenvalue weighted by Gasteiger charge is 2.23. The topological polar surface area (TPSA) is 33.1 Å². The third-order valence-corrected chi connectivity index (χ3v) is 5.14. The summed E-state index contributed by atoms with van der Waals surface area (Å²) in [6.07, 6.45) is 6.38. The molecule has 27 heavy (non-hydrogen) atoms. The fraction of sp³-hybridized carbons (Fsp3) is 0.435. The van der Waals surface area contributed by atoms with Crippen molar-refractivity contribution in [1.82, 2.24) is 4.98 Å². The number of rotatable bonds is 7. The van der Waals surface area contributed by atoms with Gasteiger partial charge in [0.05, 0.1) is 12.3 Å². The van der Waals surface area contributed by atoms with Gasteiger partial charge in [-0.15, -0.1) is 0 Å². The van der Waals surface area contributed by atoms with E-state index in [0.717, 1.165) is 46.5 Å². The van der Waals surface area contributed by atoms with E-state index in [4.69, 9.17) is 28.2 Å². The number of unbranched alkanes of at least 4 members (excludes halogenated alkanes) is 1. The van der Waals surface area contributed by atoms with Gasteiger partial charge in [0.15, 0.2) is 0 Å². The van der Waals surface area contributed by atoms with Crippen molar-refractivity contribution < 1.29 is 5.11 Å². The largest absolute Gasteiger partial charge is 0.392 e. The Kier molecular flexibility index (Phi) is 7.91. The second-order valence-corrected chi connectivity index (χ2v) is 8.28. The maximum atomic E-state index is 10.2. The van der Waals surface area contributed by atoms with Gasteiger partial charge in [0.2, 0.25) is 0 Å². The van der Waals surface area contributed by atoms with Gasteiger partial charge in [0, 0.05) is 32.4 Å². The van der Waals surface area contributed by atoms with E-state index in [0.29, 0.717) is 10.0 Å². The Morgan fingerprint density at radius 2 is 1.74 bits per heavy atom. The summed E-state index contributed by atoms with van der Waals surface area (Å²) in [5, 5.41) is 11.4. The molecule has 0 fully saturated rings. The lowest BCUT2D eigenvalue weighted by Crippen LogP contribution is -2.10. The van der Waals surface area contributed by atoms with Gasteiger partial charge in [-0.25, -0.2) is 0 Å².